The minimum atomic E-state index is -1.09. The second-order valence-corrected chi connectivity index (χ2v) is 4.69. The Morgan fingerprint density at radius 3 is 2.57 bits per heavy atom. The van der Waals surface area contributed by atoms with Gasteiger partial charge in [-0.05, 0) is 22.4 Å². The van der Waals surface area contributed by atoms with Gasteiger partial charge in [0, 0.05) is 13.5 Å². The molecule has 5 heteroatoms. The molecule has 2 rings (SSSR count). The van der Waals surface area contributed by atoms with Gasteiger partial charge in [-0.25, -0.2) is 4.79 Å². The summed E-state index contributed by atoms with van der Waals surface area (Å²) in [5.41, 5.74) is 0.548. The summed E-state index contributed by atoms with van der Waals surface area (Å²) < 4.78 is 4.81. The highest BCUT2D eigenvalue weighted by atomic mass is 16.5. The number of hydrogen-bond donors (Lipinski definition) is 2. The van der Waals surface area contributed by atoms with Gasteiger partial charge in [-0.3, -0.25) is 4.79 Å². The molecule has 0 fully saturated rings. The third kappa shape index (κ3) is 3.79. The van der Waals surface area contributed by atoms with Crippen molar-refractivity contribution < 1.29 is 19.4 Å². The monoisotopic (exact) mass is 287 g/mol. The summed E-state index contributed by atoms with van der Waals surface area (Å²) in [5.74, 6) is -1.44. The third-order valence-electron chi connectivity index (χ3n) is 3.19. The van der Waals surface area contributed by atoms with Gasteiger partial charge in [-0.1, -0.05) is 36.4 Å². The van der Waals surface area contributed by atoms with Crippen LogP contribution in [0.5, 0.6) is 0 Å². The minimum Gasteiger partial charge on any atom is -0.479 e. The van der Waals surface area contributed by atoms with E-state index in [1.807, 2.05) is 30.3 Å². The largest absolute Gasteiger partial charge is 0.479 e. The molecule has 0 aliphatic heterocycles. The van der Waals surface area contributed by atoms with Gasteiger partial charge in [0.2, 0.25) is 5.91 Å². The van der Waals surface area contributed by atoms with Crippen molar-refractivity contribution in [3.63, 3.8) is 0 Å². The van der Waals surface area contributed by atoms with Crippen molar-refractivity contribution in [1.29, 1.82) is 0 Å². The molecule has 5 nitrogen and oxygen atoms in total. The summed E-state index contributed by atoms with van der Waals surface area (Å²) in [6.07, 6.45) is 0.133. The van der Waals surface area contributed by atoms with E-state index in [-0.39, 0.29) is 18.9 Å². The van der Waals surface area contributed by atoms with Crippen LogP contribution < -0.4 is 5.32 Å². The Morgan fingerprint density at radius 1 is 1.19 bits per heavy atom. The smallest absolute Gasteiger partial charge is 0.330 e. The molecule has 0 saturated heterocycles. The average Bonchev–Trinajstić information content (AvgIpc) is 2.49. The van der Waals surface area contributed by atoms with Gasteiger partial charge in [-0.15, -0.1) is 0 Å². The first-order chi connectivity index (χ1) is 10.1. The quantitative estimate of drug-likeness (QED) is 0.853. The van der Waals surface area contributed by atoms with Gasteiger partial charge < -0.3 is 15.2 Å². The Bertz CT molecular complexity index is 654. The molecule has 2 N–H and O–H groups in total. The van der Waals surface area contributed by atoms with Gasteiger partial charge in [0.15, 0.2) is 6.04 Å². The summed E-state index contributed by atoms with van der Waals surface area (Å²) in [5, 5.41) is 13.8. The van der Waals surface area contributed by atoms with Crippen molar-refractivity contribution in [2.45, 2.75) is 12.5 Å². The standard InChI is InChI=1S/C16H17NO4/c1-21-9-8-14(18)17-15(16(19)20)13-7-6-11-4-2-3-5-12(11)10-13/h2-7,10,15H,8-9H2,1H3,(H,17,18)(H,19,20). The molecule has 2 aromatic carbocycles. The van der Waals surface area contributed by atoms with Crippen molar-refractivity contribution >= 4 is 22.6 Å². The molecule has 0 saturated carbocycles. The molecule has 0 bridgehead atoms. The summed E-state index contributed by atoms with van der Waals surface area (Å²) in [6, 6.07) is 12.0. The predicted octanol–water partition coefficient (Wildman–Crippen LogP) is 2.12. The van der Waals surface area contributed by atoms with Crippen molar-refractivity contribution in [3.05, 3.63) is 48.0 Å². The molecular formula is C16H17NO4. The molecule has 1 unspecified atom stereocenters. The fraction of sp³-hybridized carbons (Fsp3) is 0.250. The molecule has 21 heavy (non-hydrogen) atoms. The SMILES string of the molecule is COCCC(=O)NC(C(=O)O)c1ccc2ccccc2c1. The number of carboxylic acid groups (broad SMARTS) is 1. The number of ether oxygens (including phenoxy) is 1. The van der Waals surface area contributed by atoms with Gasteiger partial charge in [0.05, 0.1) is 6.61 Å². The fourth-order valence-electron chi connectivity index (χ4n) is 2.10. The molecule has 0 aliphatic carbocycles. The van der Waals surface area contributed by atoms with E-state index in [2.05, 4.69) is 5.32 Å². The lowest BCUT2D eigenvalue weighted by molar-refractivity contribution is -0.142. The minimum absolute atomic E-state index is 0.133. The topological polar surface area (TPSA) is 75.6 Å². The number of methoxy groups -OCH3 is 1. The van der Waals surface area contributed by atoms with E-state index in [1.165, 1.54) is 7.11 Å². The Hall–Kier alpha value is -2.40. The number of benzene rings is 2. The lowest BCUT2D eigenvalue weighted by Gasteiger charge is -2.15. The van der Waals surface area contributed by atoms with Crippen molar-refractivity contribution in [3.8, 4) is 0 Å². The molecular weight excluding hydrogens is 270 g/mol. The van der Waals surface area contributed by atoms with Gasteiger partial charge >= 0.3 is 5.97 Å². The number of amides is 1. The lowest BCUT2D eigenvalue weighted by Crippen LogP contribution is -2.34. The predicted molar refractivity (Wildman–Crippen MR) is 79.0 cm³/mol. The highest BCUT2D eigenvalue weighted by Gasteiger charge is 2.22. The van der Waals surface area contributed by atoms with E-state index < -0.39 is 12.0 Å². The maximum atomic E-state index is 11.7. The first-order valence-corrected chi connectivity index (χ1v) is 6.61. The molecule has 0 aromatic heterocycles. The molecule has 1 atom stereocenters. The van der Waals surface area contributed by atoms with Gasteiger partial charge in [0.1, 0.15) is 0 Å². The maximum Gasteiger partial charge on any atom is 0.330 e. The summed E-state index contributed by atoms with van der Waals surface area (Å²) in [7, 11) is 1.49. The number of rotatable bonds is 6. The Balaban J connectivity index is 2.23. The number of carbonyl (C=O) groups excluding carboxylic acids is 1. The van der Waals surface area contributed by atoms with Crippen LogP contribution in [0.3, 0.4) is 0 Å². The Morgan fingerprint density at radius 2 is 1.90 bits per heavy atom. The van der Waals surface area contributed by atoms with Crippen LogP contribution in [0.2, 0.25) is 0 Å². The number of aliphatic carboxylic acids is 1. The number of carboxylic acids is 1. The van der Waals surface area contributed by atoms with E-state index in [4.69, 9.17) is 4.74 Å². The van der Waals surface area contributed by atoms with Crippen LogP contribution in [0.25, 0.3) is 10.8 Å². The summed E-state index contributed by atoms with van der Waals surface area (Å²) in [6.45, 7) is 0.260. The Kier molecular flexibility index (Phi) is 4.90. The number of hydrogen-bond acceptors (Lipinski definition) is 3. The van der Waals surface area contributed by atoms with E-state index in [1.54, 1.807) is 12.1 Å². The van der Waals surface area contributed by atoms with Crippen molar-refractivity contribution in [2.75, 3.05) is 13.7 Å². The van der Waals surface area contributed by atoms with Gasteiger partial charge in [0.25, 0.3) is 0 Å². The van der Waals surface area contributed by atoms with E-state index >= 15 is 0 Å². The van der Waals surface area contributed by atoms with Crippen LogP contribution in [0.1, 0.15) is 18.0 Å². The third-order valence-corrected chi connectivity index (χ3v) is 3.19. The summed E-state index contributed by atoms with van der Waals surface area (Å²) >= 11 is 0. The highest BCUT2D eigenvalue weighted by Crippen LogP contribution is 2.20. The molecule has 0 radical (unpaired) electrons. The molecule has 1 amide bonds. The zero-order chi connectivity index (χ0) is 15.2. The Labute approximate surface area is 122 Å². The molecule has 0 aliphatic rings. The summed E-state index contributed by atoms with van der Waals surface area (Å²) in [4.78, 5) is 23.1. The molecule has 0 spiro atoms. The van der Waals surface area contributed by atoms with Crippen LogP contribution in [0, 0.1) is 0 Å². The fourth-order valence-corrected chi connectivity index (χ4v) is 2.10. The lowest BCUT2D eigenvalue weighted by atomic mass is 10.0. The second kappa shape index (κ2) is 6.85. The maximum absolute atomic E-state index is 11.7. The zero-order valence-electron chi connectivity index (χ0n) is 11.7. The van der Waals surface area contributed by atoms with Gasteiger partial charge in [-0.2, -0.15) is 0 Å². The van der Waals surface area contributed by atoms with Crippen molar-refractivity contribution in [2.24, 2.45) is 0 Å². The molecule has 0 heterocycles. The number of carbonyl (C=O) groups is 2. The number of nitrogens with one attached hydrogen (secondary N) is 1. The molecule has 2 aromatic rings. The van der Waals surface area contributed by atoms with E-state index in [9.17, 15) is 14.7 Å². The van der Waals surface area contributed by atoms with Crippen molar-refractivity contribution in [1.82, 2.24) is 5.32 Å². The number of fused-ring (bicyclic) bond motifs is 1. The second-order valence-electron chi connectivity index (χ2n) is 4.69. The first kappa shape index (κ1) is 15.0. The normalized spacial score (nSPS) is 12.0. The first-order valence-electron chi connectivity index (χ1n) is 6.61. The van der Waals surface area contributed by atoms with Crippen LogP contribution in [-0.4, -0.2) is 30.7 Å². The van der Waals surface area contributed by atoms with Crippen LogP contribution >= 0.6 is 0 Å². The average molecular weight is 287 g/mol. The highest BCUT2D eigenvalue weighted by molar-refractivity contribution is 5.88. The van der Waals surface area contributed by atoms with E-state index in [0.29, 0.717) is 5.56 Å². The zero-order valence-corrected chi connectivity index (χ0v) is 11.7. The van der Waals surface area contributed by atoms with Crippen LogP contribution in [0.4, 0.5) is 0 Å². The molecule has 110 valence electrons. The van der Waals surface area contributed by atoms with E-state index in [0.717, 1.165) is 10.8 Å². The van der Waals surface area contributed by atoms with Crippen LogP contribution in [0.15, 0.2) is 42.5 Å². The van der Waals surface area contributed by atoms with Crippen LogP contribution in [-0.2, 0) is 14.3 Å².